The molecule has 1 aromatic rings. The van der Waals surface area contributed by atoms with Crippen LogP contribution in [0.2, 0.25) is 0 Å². The van der Waals surface area contributed by atoms with Crippen LogP contribution in [0.1, 0.15) is 22.3 Å². The quantitative estimate of drug-likeness (QED) is 0.618. The molecule has 1 aromatic carbocycles. The smallest absolute Gasteiger partial charge is 0.338 e. The Morgan fingerprint density at radius 2 is 2.10 bits per heavy atom. The highest BCUT2D eigenvalue weighted by Gasteiger charge is 2.39. The van der Waals surface area contributed by atoms with Gasteiger partial charge in [-0.3, -0.25) is 4.79 Å². The average Bonchev–Trinajstić information content (AvgIpc) is 2.80. The van der Waals surface area contributed by atoms with Crippen LogP contribution in [0.4, 0.5) is 9.57 Å². The molecule has 0 aliphatic carbocycles. The van der Waals surface area contributed by atoms with Gasteiger partial charge >= 0.3 is 16.2 Å². The number of carbonyl (C=O) groups is 2. The number of halogens is 1. The predicted octanol–water partition coefficient (Wildman–Crippen LogP) is 1.19. The highest BCUT2D eigenvalue weighted by molar-refractivity contribution is 7.87. The van der Waals surface area contributed by atoms with Crippen LogP contribution in [0.25, 0.3) is 0 Å². The van der Waals surface area contributed by atoms with Crippen LogP contribution in [0.15, 0.2) is 18.2 Å². The molecule has 2 rings (SSSR count). The summed E-state index contributed by atoms with van der Waals surface area (Å²) >= 11 is 0. The molecule has 0 N–H and O–H groups in total. The van der Waals surface area contributed by atoms with E-state index in [4.69, 9.17) is 0 Å². The van der Waals surface area contributed by atoms with Crippen molar-refractivity contribution in [1.82, 2.24) is 0 Å². The van der Waals surface area contributed by atoms with Crippen molar-refractivity contribution in [2.75, 3.05) is 18.6 Å². The molecular weight excluding hydrogens is 301 g/mol. The van der Waals surface area contributed by atoms with E-state index in [2.05, 4.69) is 4.74 Å². The van der Waals surface area contributed by atoms with E-state index in [0.717, 1.165) is 0 Å². The average molecular weight is 315 g/mol. The van der Waals surface area contributed by atoms with E-state index in [9.17, 15) is 21.9 Å². The van der Waals surface area contributed by atoms with Gasteiger partial charge in [-0.1, -0.05) is 6.07 Å². The van der Waals surface area contributed by atoms with Crippen LogP contribution in [0, 0.1) is 6.92 Å². The maximum Gasteiger partial charge on any atom is 0.338 e. The molecule has 0 radical (unpaired) electrons. The van der Waals surface area contributed by atoms with Gasteiger partial charge in [-0.15, -0.1) is 3.89 Å². The Kier molecular flexibility index (Phi) is 3.99. The van der Waals surface area contributed by atoms with Gasteiger partial charge < -0.3 is 9.64 Å². The van der Waals surface area contributed by atoms with Crippen molar-refractivity contribution in [2.45, 2.75) is 18.6 Å². The number of hydrogen-bond donors (Lipinski definition) is 0. The topological polar surface area (TPSA) is 80.8 Å². The number of rotatable bonds is 3. The first-order chi connectivity index (χ1) is 9.75. The second-order valence-electron chi connectivity index (χ2n) is 4.75. The summed E-state index contributed by atoms with van der Waals surface area (Å²) in [6.07, 6.45) is -0.402. The molecule has 1 atom stereocenters. The summed E-state index contributed by atoms with van der Waals surface area (Å²) in [7, 11) is -3.54. The molecule has 0 bridgehead atoms. The molecule has 0 saturated carbocycles. The zero-order valence-corrected chi connectivity index (χ0v) is 12.3. The number of benzene rings is 1. The summed E-state index contributed by atoms with van der Waals surface area (Å²) in [5.74, 6) is -1.05. The Morgan fingerprint density at radius 1 is 1.43 bits per heavy atom. The van der Waals surface area contributed by atoms with Gasteiger partial charge in [-0.25, -0.2) is 4.79 Å². The second kappa shape index (κ2) is 5.44. The van der Waals surface area contributed by atoms with Gasteiger partial charge in [0.05, 0.1) is 12.7 Å². The van der Waals surface area contributed by atoms with Crippen molar-refractivity contribution in [2.24, 2.45) is 0 Å². The Bertz CT molecular complexity index is 701. The second-order valence-corrected chi connectivity index (χ2v) is 6.37. The van der Waals surface area contributed by atoms with Gasteiger partial charge in [0.25, 0.3) is 0 Å². The van der Waals surface area contributed by atoms with Crippen molar-refractivity contribution < 1.29 is 26.6 Å². The van der Waals surface area contributed by atoms with Crippen LogP contribution in [-0.4, -0.2) is 39.2 Å². The first-order valence-electron chi connectivity index (χ1n) is 6.17. The lowest BCUT2D eigenvalue weighted by atomic mass is 10.1. The molecule has 1 saturated heterocycles. The monoisotopic (exact) mass is 315 g/mol. The number of carbonyl (C=O) groups excluding carboxylic acids is 2. The van der Waals surface area contributed by atoms with Crippen molar-refractivity contribution in [1.29, 1.82) is 0 Å². The third-order valence-corrected chi connectivity index (χ3v) is 4.60. The minimum absolute atomic E-state index is 0.261. The largest absolute Gasteiger partial charge is 0.465 e. The number of methoxy groups -OCH3 is 1. The van der Waals surface area contributed by atoms with Gasteiger partial charge in [-0.05, 0) is 24.6 Å². The first kappa shape index (κ1) is 15.4. The highest BCUT2D eigenvalue weighted by Crippen LogP contribution is 2.30. The fourth-order valence-electron chi connectivity index (χ4n) is 2.34. The molecular formula is C13H14FNO5S. The van der Waals surface area contributed by atoms with E-state index >= 15 is 0 Å². The summed E-state index contributed by atoms with van der Waals surface area (Å²) < 4.78 is 39.6. The molecule has 1 heterocycles. The zero-order valence-electron chi connectivity index (χ0n) is 11.5. The maximum atomic E-state index is 13.0. The van der Waals surface area contributed by atoms with Gasteiger partial charge in [0.1, 0.15) is 5.25 Å². The first-order valence-corrected chi connectivity index (χ1v) is 7.62. The van der Waals surface area contributed by atoms with E-state index in [0.29, 0.717) is 11.3 Å². The van der Waals surface area contributed by atoms with Gasteiger partial charge in [-0.2, -0.15) is 8.42 Å². The third kappa shape index (κ3) is 2.90. The van der Waals surface area contributed by atoms with Crippen LogP contribution in [-0.2, 0) is 19.8 Å². The summed E-state index contributed by atoms with van der Waals surface area (Å²) in [6.45, 7) is 1.36. The normalized spacial score (nSPS) is 18.9. The van der Waals surface area contributed by atoms with E-state index in [1.807, 2.05) is 0 Å². The standard InChI is InChI=1S/C13H14FNO5S/c1-8-10(13(17)20-2)4-3-5-11(8)15-7-9(6-12(15)16)21(14,18)19/h3-5,9H,6-7H2,1-2H3. The molecule has 1 unspecified atom stereocenters. The molecule has 21 heavy (non-hydrogen) atoms. The number of amides is 1. The Labute approximate surface area is 121 Å². The Balaban J connectivity index is 2.40. The molecule has 0 aromatic heterocycles. The van der Waals surface area contributed by atoms with Crippen LogP contribution < -0.4 is 4.90 Å². The SMILES string of the molecule is COC(=O)c1cccc(N2CC(S(=O)(=O)F)CC2=O)c1C. The number of nitrogens with zero attached hydrogens (tertiary/aromatic N) is 1. The number of hydrogen-bond acceptors (Lipinski definition) is 5. The molecule has 1 fully saturated rings. The highest BCUT2D eigenvalue weighted by atomic mass is 32.3. The Morgan fingerprint density at radius 3 is 2.62 bits per heavy atom. The molecule has 8 heteroatoms. The molecule has 1 aliphatic heterocycles. The van der Waals surface area contributed by atoms with Crippen LogP contribution in [0.3, 0.4) is 0 Å². The van der Waals surface area contributed by atoms with Gasteiger partial charge in [0.2, 0.25) is 5.91 Å². The van der Waals surface area contributed by atoms with Crippen LogP contribution in [0.5, 0.6) is 0 Å². The summed E-state index contributed by atoms with van der Waals surface area (Å²) in [4.78, 5) is 24.7. The summed E-state index contributed by atoms with van der Waals surface area (Å²) in [5.41, 5.74) is 1.14. The third-order valence-electron chi connectivity index (χ3n) is 3.49. The van der Waals surface area contributed by atoms with Crippen LogP contribution >= 0.6 is 0 Å². The lowest BCUT2D eigenvalue weighted by Crippen LogP contribution is -2.28. The van der Waals surface area contributed by atoms with Crippen molar-refractivity contribution in [3.8, 4) is 0 Å². The fourth-order valence-corrected chi connectivity index (χ4v) is 3.01. The minimum atomic E-state index is -4.77. The number of anilines is 1. The lowest BCUT2D eigenvalue weighted by Gasteiger charge is -2.20. The Hall–Kier alpha value is -1.96. The minimum Gasteiger partial charge on any atom is -0.465 e. The van der Waals surface area contributed by atoms with E-state index < -0.39 is 33.8 Å². The molecule has 114 valence electrons. The molecule has 6 nitrogen and oxygen atoms in total. The number of ether oxygens (including phenoxy) is 1. The van der Waals surface area contributed by atoms with E-state index in [1.54, 1.807) is 19.1 Å². The fraction of sp³-hybridized carbons (Fsp3) is 0.385. The predicted molar refractivity (Wildman–Crippen MR) is 73.3 cm³/mol. The van der Waals surface area contributed by atoms with Crippen molar-refractivity contribution >= 4 is 27.8 Å². The van der Waals surface area contributed by atoms with Crippen molar-refractivity contribution in [3.05, 3.63) is 29.3 Å². The summed E-state index contributed by atoms with van der Waals surface area (Å²) in [5, 5.41) is -1.37. The zero-order chi connectivity index (χ0) is 15.8. The van der Waals surface area contributed by atoms with Gasteiger partial charge in [0.15, 0.2) is 0 Å². The number of esters is 1. The van der Waals surface area contributed by atoms with Gasteiger partial charge in [0, 0.05) is 18.7 Å². The van der Waals surface area contributed by atoms with E-state index in [-0.39, 0.29) is 12.1 Å². The summed E-state index contributed by atoms with van der Waals surface area (Å²) in [6, 6.07) is 4.67. The molecule has 1 amide bonds. The molecule has 0 spiro atoms. The van der Waals surface area contributed by atoms with E-state index in [1.165, 1.54) is 18.1 Å². The lowest BCUT2D eigenvalue weighted by molar-refractivity contribution is -0.117. The maximum absolute atomic E-state index is 13.0. The van der Waals surface area contributed by atoms with Crippen molar-refractivity contribution in [3.63, 3.8) is 0 Å². The molecule has 1 aliphatic rings.